The summed E-state index contributed by atoms with van der Waals surface area (Å²) >= 11 is -1.67. The summed E-state index contributed by atoms with van der Waals surface area (Å²) in [5.74, 6) is -0.0514. The molecule has 0 spiro atoms. The molecule has 2 aromatic carbocycles. The van der Waals surface area contributed by atoms with E-state index in [4.69, 9.17) is 10.2 Å². The first-order valence-electron chi connectivity index (χ1n) is 14.5. The number of halogens is 1. The summed E-state index contributed by atoms with van der Waals surface area (Å²) < 4.78 is 4.72. The van der Waals surface area contributed by atoms with Gasteiger partial charge in [0.2, 0.25) is 0 Å². The molecule has 2 saturated heterocycles. The van der Waals surface area contributed by atoms with E-state index in [1.54, 1.807) is 17.6 Å². The van der Waals surface area contributed by atoms with E-state index in [2.05, 4.69) is 52.1 Å². The van der Waals surface area contributed by atoms with Gasteiger partial charge in [0.25, 0.3) is 5.91 Å². The fraction of sp³-hybridized carbons (Fsp3) is 0.364. The molecule has 0 bridgehead atoms. The minimum atomic E-state index is -1.67. The van der Waals surface area contributed by atoms with Crippen LogP contribution < -0.4 is 5.48 Å². The van der Waals surface area contributed by atoms with Gasteiger partial charge in [-0.3, -0.25) is 10.0 Å². The van der Waals surface area contributed by atoms with Crippen LogP contribution in [0.1, 0.15) is 75.4 Å². The molecule has 6 rings (SSSR count). The molecule has 2 aliphatic heterocycles. The SMILES string of the molecule is O=C(NO)c1ccc(Cn2ccc3cc(C4CCI(C(=O)c5ccc(CN6CCCCC6)cc5)CC4)cnc32)cc1. The number of piperidine rings is 1. The monoisotopic (exact) mass is 664 g/mol. The van der Waals surface area contributed by atoms with Gasteiger partial charge in [0, 0.05) is 5.56 Å². The van der Waals surface area contributed by atoms with Crippen molar-refractivity contribution in [2.75, 3.05) is 21.9 Å². The Balaban J connectivity index is 1.04. The number of nitrogens with zero attached hydrogens (tertiary/aromatic N) is 3. The summed E-state index contributed by atoms with van der Waals surface area (Å²) in [4.78, 5) is 32.3. The van der Waals surface area contributed by atoms with E-state index in [0.29, 0.717) is 21.8 Å². The van der Waals surface area contributed by atoms with Crippen LogP contribution in [0.15, 0.2) is 73.1 Å². The van der Waals surface area contributed by atoms with Crippen LogP contribution in [-0.4, -0.2) is 51.3 Å². The number of carbonyl (C=O) groups excluding carboxylic acids is 2. The number of benzene rings is 2. The van der Waals surface area contributed by atoms with E-state index in [-0.39, 0.29) is 0 Å². The first-order chi connectivity index (χ1) is 20.1. The third-order valence-corrected chi connectivity index (χ3v) is 14.3. The van der Waals surface area contributed by atoms with Crippen molar-refractivity contribution < 1.29 is 14.8 Å². The second-order valence-corrected chi connectivity index (χ2v) is 16.9. The number of hydroxylamine groups is 1. The van der Waals surface area contributed by atoms with E-state index >= 15 is 0 Å². The Morgan fingerprint density at radius 2 is 1.54 bits per heavy atom. The number of hydrogen-bond acceptors (Lipinski definition) is 5. The average molecular weight is 665 g/mol. The maximum atomic E-state index is 13.4. The third-order valence-electron chi connectivity index (χ3n) is 8.41. The summed E-state index contributed by atoms with van der Waals surface area (Å²) in [6.45, 7) is 4.03. The Hall–Kier alpha value is -3.08. The average Bonchev–Trinajstić information content (AvgIpc) is 3.43. The van der Waals surface area contributed by atoms with Crippen molar-refractivity contribution >= 4 is 40.5 Å². The van der Waals surface area contributed by atoms with Gasteiger partial charge < -0.3 is 0 Å². The Labute approximate surface area is 248 Å². The summed E-state index contributed by atoms with van der Waals surface area (Å²) in [6, 6.07) is 20.1. The van der Waals surface area contributed by atoms with E-state index < -0.39 is 25.7 Å². The summed E-state index contributed by atoms with van der Waals surface area (Å²) in [5, 5.41) is 9.94. The molecule has 0 atom stereocenters. The molecule has 214 valence electrons. The van der Waals surface area contributed by atoms with Crippen LogP contribution >= 0.6 is 19.8 Å². The van der Waals surface area contributed by atoms with Gasteiger partial charge in [0.15, 0.2) is 0 Å². The molecule has 41 heavy (non-hydrogen) atoms. The molecule has 2 aromatic heterocycles. The molecular formula is C33H37IN4O3. The molecule has 1 amide bonds. The third kappa shape index (κ3) is 6.55. The number of hydrogen-bond donors (Lipinski definition) is 2. The number of pyridine rings is 1. The van der Waals surface area contributed by atoms with Crippen LogP contribution in [0.5, 0.6) is 0 Å². The fourth-order valence-electron chi connectivity index (χ4n) is 6.01. The van der Waals surface area contributed by atoms with Gasteiger partial charge in [0.1, 0.15) is 0 Å². The quantitative estimate of drug-likeness (QED) is 0.0748. The van der Waals surface area contributed by atoms with Gasteiger partial charge in [-0.25, -0.2) is 5.48 Å². The van der Waals surface area contributed by atoms with E-state index in [9.17, 15) is 9.59 Å². The normalized spacial score (nSPS) is 17.5. The number of amides is 1. The van der Waals surface area contributed by atoms with Crippen molar-refractivity contribution in [2.45, 2.75) is 51.1 Å². The van der Waals surface area contributed by atoms with Crippen molar-refractivity contribution in [1.82, 2.24) is 19.9 Å². The van der Waals surface area contributed by atoms with Crippen LogP contribution in [0.2, 0.25) is 0 Å². The molecule has 4 heterocycles. The van der Waals surface area contributed by atoms with Gasteiger partial charge >= 0.3 is 222 Å². The second-order valence-electron chi connectivity index (χ2n) is 11.2. The number of aromatic nitrogens is 2. The van der Waals surface area contributed by atoms with E-state index in [1.165, 1.54) is 43.5 Å². The van der Waals surface area contributed by atoms with Crippen LogP contribution in [0.4, 0.5) is 0 Å². The Bertz CT molecular complexity index is 1500. The molecule has 2 aliphatic rings. The van der Waals surface area contributed by atoms with Gasteiger partial charge in [-0.05, 0) is 0 Å². The summed E-state index contributed by atoms with van der Waals surface area (Å²) in [7, 11) is 0. The molecule has 4 aromatic rings. The Morgan fingerprint density at radius 1 is 0.878 bits per heavy atom. The fourth-order valence-corrected chi connectivity index (χ4v) is 11.8. The first-order valence-corrected chi connectivity index (χ1v) is 18.7. The molecule has 2 fully saturated rings. The van der Waals surface area contributed by atoms with Gasteiger partial charge in [-0.1, -0.05) is 0 Å². The van der Waals surface area contributed by atoms with Gasteiger partial charge in [-0.2, -0.15) is 0 Å². The van der Waals surface area contributed by atoms with Crippen LogP contribution in [-0.2, 0) is 13.1 Å². The number of nitrogens with one attached hydrogen (secondary N) is 1. The topological polar surface area (TPSA) is 87.5 Å². The van der Waals surface area contributed by atoms with Crippen molar-refractivity contribution in [3.63, 3.8) is 0 Å². The van der Waals surface area contributed by atoms with Crippen LogP contribution in [0, 0.1) is 0 Å². The van der Waals surface area contributed by atoms with Crippen molar-refractivity contribution in [2.24, 2.45) is 0 Å². The summed E-state index contributed by atoms with van der Waals surface area (Å²) in [5.41, 5.74) is 7.58. The molecule has 2 N–H and O–H groups in total. The van der Waals surface area contributed by atoms with Crippen molar-refractivity contribution in [3.05, 3.63) is 101 Å². The Kier molecular flexibility index (Phi) is 8.78. The van der Waals surface area contributed by atoms with Crippen molar-refractivity contribution in [3.8, 4) is 0 Å². The van der Waals surface area contributed by atoms with Crippen molar-refractivity contribution in [1.29, 1.82) is 0 Å². The van der Waals surface area contributed by atoms with Crippen LogP contribution in [0.3, 0.4) is 0 Å². The Morgan fingerprint density at radius 3 is 2.22 bits per heavy atom. The first kappa shape index (κ1) is 28.1. The summed E-state index contributed by atoms with van der Waals surface area (Å²) in [6.07, 6.45) is 10.2. The zero-order valence-corrected chi connectivity index (χ0v) is 25.4. The van der Waals surface area contributed by atoms with E-state index in [0.717, 1.165) is 50.4 Å². The molecule has 0 unspecified atom stereocenters. The minimum absolute atomic E-state index is 0.414. The van der Waals surface area contributed by atoms with Gasteiger partial charge in [-0.15, -0.1) is 0 Å². The predicted octanol–water partition coefficient (Wildman–Crippen LogP) is 6.41. The van der Waals surface area contributed by atoms with E-state index in [1.807, 2.05) is 18.3 Å². The molecule has 0 aliphatic carbocycles. The molecular weight excluding hydrogens is 627 g/mol. The number of carbonyl (C=O) groups is 2. The number of rotatable bonds is 8. The van der Waals surface area contributed by atoms with Crippen LogP contribution in [0.25, 0.3) is 11.0 Å². The zero-order chi connectivity index (χ0) is 28.2. The second kappa shape index (κ2) is 12.8. The molecule has 0 saturated carbocycles. The maximum absolute atomic E-state index is 13.4. The zero-order valence-electron chi connectivity index (χ0n) is 23.3. The predicted molar refractivity (Wildman–Crippen MR) is 170 cm³/mol. The molecule has 0 radical (unpaired) electrons. The number of likely N-dealkylation sites (tertiary alicyclic amines) is 1. The number of fused-ring (bicyclic) bond motifs is 1. The standard InChI is InChI=1S/C33H37IN4O3/c39-31(27-8-4-24(5-9-27)22-37-17-2-1-3-18-37)34-15-12-26(13-16-34)30-20-29-14-19-38(32(29)35-21-30)23-25-6-10-28(11-7-25)33(40)36-41/h4-11,14,19-21,26,41H,1-3,12-13,15-18,22-23H2,(H,36,40). The molecule has 8 heteroatoms. The molecule has 7 nitrogen and oxygen atoms in total. The number of alkyl halides is 2. The van der Waals surface area contributed by atoms with Gasteiger partial charge in [0.05, 0.1) is 0 Å².